The summed E-state index contributed by atoms with van der Waals surface area (Å²) in [5.74, 6) is -0.0920. The van der Waals surface area contributed by atoms with Crippen molar-refractivity contribution in [1.82, 2.24) is 0 Å². The number of rotatable bonds is 2. The normalized spacial score (nSPS) is 18.8. The minimum atomic E-state index is -0.639. The third-order valence-corrected chi connectivity index (χ3v) is 2.26. The van der Waals surface area contributed by atoms with Gasteiger partial charge in [0.25, 0.3) is 0 Å². The summed E-state index contributed by atoms with van der Waals surface area (Å²) in [4.78, 5) is 15.3. The van der Waals surface area contributed by atoms with E-state index in [2.05, 4.69) is 9.73 Å². The van der Waals surface area contributed by atoms with Gasteiger partial charge in [-0.05, 0) is 12.1 Å². The maximum Gasteiger partial charge on any atom is 0.334 e. The number of nitrogens with zero attached hydrogens (tertiary/aromatic N) is 1. The highest BCUT2D eigenvalue weighted by molar-refractivity contribution is 5.99. The Morgan fingerprint density at radius 2 is 2.31 bits per heavy atom. The largest absolute Gasteiger partial charge is 0.507 e. The lowest BCUT2D eigenvalue weighted by Gasteiger charge is -2.02. The van der Waals surface area contributed by atoms with E-state index >= 15 is 0 Å². The maximum atomic E-state index is 11.2. The first-order valence-corrected chi connectivity index (χ1v) is 4.79. The zero-order valence-electron chi connectivity index (χ0n) is 8.71. The van der Waals surface area contributed by atoms with E-state index in [9.17, 15) is 9.90 Å². The first-order valence-electron chi connectivity index (χ1n) is 4.79. The monoisotopic (exact) mass is 221 g/mol. The topological polar surface area (TPSA) is 68.1 Å². The number of aliphatic imine (C=N–C) groups is 1. The molecule has 84 valence electrons. The highest BCUT2D eigenvalue weighted by atomic mass is 16.5. The SMILES string of the molecule is COC(=O)[C@@H]1COC(c2ccccc2O)=N1. The molecule has 1 aromatic rings. The molecule has 0 aromatic heterocycles. The van der Waals surface area contributed by atoms with Crippen molar-refractivity contribution in [2.75, 3.05) is 13.7 Å². The van der Waals surface area contributed by atoms with Crippen LogP contribution in [0.4, 0.5) is 0 Å². The summed E-state index contributed by atoms with van der Waals surface area (Å²) in [5.41, 5.74) is 0.480. The van der Waals surface area contributed by atoms with E-state index in [1.165, 1.54) is 13.2 Å². The van der Waals surface area contributed by atoms with E-state index in [1.807, 2.05) is 0 Å². The van der Waals surface area contributed by atoms with Crippen LogP contribution in [0.1, 0.15) is 5.56 Å². The molecule has 5 heteroatoms. The molecule has 0 radical (unpaired) electrons. The first kappa shape index (κ1) is 10.5. The van der Waals surface area contributed by atoms with Gasteiger partial charge in [-0.15, -0.1) is 0 Å². The molecule has 0 bridgehead atoms. The van der Waals surface area contributed by atoms with Crippen LogP contribution in [0.25, 0.3) is 0 Å². The Kier molecular flexibility index (Phi) is 2.76. The zero-order valence-corrected chi connectivity index (χ0v) is 8.71. The van der Waals surface area contributed by atoms with Gasteiger partial charge in [0, 0.05) is 0 Å². The summed E-state index contributed by atoms with van der Waals surface area (Å²) in [6.45, 7) is 0.149. The minimum absolute atomic E-state index is 0.0757. The Morgan fingerprint density at radius 3 is 3.00 bits per heavy atom. The molecule has 0 amide bonds. The van der Waals surface area contributed by atoms with E-state index in [0.717, 1.165) is 0 Å². The molecule has 1 aromatic carbocycles. The second-order valence-corrected chi connectivity index (χ2v) is 3.30. The third kappa shape index (κ3) is 1.84. The van der Waals surface area contributed by atoms with Crippen LogP contribution in [0.5, 0.6) is 5.75 Å². The van der Waals surface area contributed by atoms with Crippen molar-refractivity contribution in [2.45, 2.75) is 6.04 Å². The molecule has 1 N–H and O–H groups in total. The molecule has 1 atom stereocenters. The smallest absolute Gasteiger partial charge is 0.334 e. The number of hydrogen-bond acceptors (Lipinski definition) is 5. The van der Waals surface area contributed by atoms with Gasteiger partial charge in [-0.25, -0.2) is 9.79 Å². The second kappa shape index (κ2) is 4.22. The fourth-order valence-corrected chi connectivity index (χ4v) is 1.43. The molecule has 1 aliphatic rings. The van der Waals surface area contributed by atoms with Crippen LogP contribution in [0.2, 0.25) is 0 Å². The third-order valence-electron chi connectivity index (χ3n) is 2.26. The number of para-hydroxylation sites is 1. The Balaban J connectivity index is 2.25. The Bertz CT molecular complexity index is 441. The fraction of sp³-hybridized carbons (Fsp3) is 0.273. The van der Waals surface area contributed by atoms with Crippen LogP contribution in [-0.2, 0) is 14.3 Å². The predicted octanol–water partition coefficient (Wildman–Crippen LogP) is 0.711. The number of aromatic hydroxyl groups is 1. The van der Waals surface area contributed by atoms with Crippen LogP contribution in [0.3, 0.4) is 0 Å². The molecule has 0 saturated heterocycles. The average Bonchev–Trinajstić information content (AvgIpc) is 2.78. The quantitative estimate of drug-likeness (QED) is 0.747. The van der Waals surface area contributed by atoms with Gasteiger partial charge in [0.1, 0.15) is 12.4 Å². The number of carbonyl (C=O) groups excluding carboxylic acids is 1. The van der Waals surface area contributed by atoms with Gasteiger partial charge >= 0.3 is 5.97 Å². The molecule has 5 nitrogen and oxygen atoms in total. The minimum Gasteiger partial charge on any atom is -0.507 e. The average molecular weight is 221 g/mol. The highest BCUT2D eigenvalue weighted by Crippen LogP contribution is 2.21. The summed E-state index contributed by atoms with van der Waals surface area (Å²) in [6, 6.07) is 6.03. The molecule has 0 aliphatic carbocycles. The highest BCUT2D eigenvalue weighted by Gasteiger charge is 2.28. The first-order chi connectivity index (χ1) is 7.72. The number of esters is 1. The van der Waals surface area contributed by atoms with E-state index in [0.29, 0.717) is 5.56 Å². The van der Waals surface area contributed by atoms with Gasteiger partial charge in [0.15, 0.2) is 6.04 Å². The summed E-state index contributed by atoms with van der Waals surface area (Å²) >= 11 is 0. The van der Waals surface area contributed by atoms with Gasteiger partial charge < -0.3 is 14.6 Å². The van der Waals surface area contributed by atoms with Crippen molar-refractivity contribution in [3.8, 4) is 5.75 Å². The summed E-state index contributed by atoms with van der Waals surface area (Å²) in [5, 5.41) is 9.58. The van der Waals surface area contributed by atoms with Gasteiger partial charge in [-0.3, -0.25) is 0 Å². The molecular formula is C11H11NO4. The van der Waals surface area contributed by atoms with Gasteiger partial charge in [0.05, 0.1) is 12.7 Å². The standard InChI is InChI=1S/C11H11NO4/c1-15-11(14)8-6-16-10(12-8)7-4-2-3-5-9(7)13/h2-5,8,13H,6H2,1H3/t8-/m0/s1. The van der Waals surface area contributed by atoms with Crippen molar-refractivity contribution >= 4 is 11.9 Å². The second-order valence-electron chi connectivity index (χ2n) is 3.30. The van der Waals surface area contributed by atoms with Crippen LogP contribution in [0.15, 0.2) is 29.3 Å². The van der Waals surface area contributed by atoms with Crippen molar-refractivity contribution < 1.29 is 19.4 Å². The molecular weight excluding hydrogens is 210 g/mol. The van der Waals surface area contributed by atoms with Crippen molar-refractivity contribution in [3.05, 3.63) is 29.8 Å². The number of benzene rings is 1. The van der Waals surface area contributed by atoms with Gasteiger partial charge in [-0.2, -0.15) is 0 Å². The number of methoxy groups -OCH3 is 1. The van der Waals surface area contributed by atoms with E-state index in [4.69, 9.17) is 4.74 Å². The lowest BCUT2D eigenvalue weighted by Crippen LogP contribution is -2.21. The van der Waals surface area contributed by atoms with Crippen molar-refractivity contribution in [3.63, 3.8) is 0 Å². The maximum absolute atomic E-state index is 11.2. The summed E-state index contributed by atoms with van der Waals surface area (Å²) < 4.78 is 9.80. The Labute approximate surface area is 92.3 Å². The van der Waals surface area contributed by atoms with Gasteiger partial charge in [0.2, 0.25) is 5.90 Å². The molecule has 0 saturated carbocycles. The molecule has 0 spiro atoms. The molecule has 16 heavy (non-hydrogen) atoms. The number of ether oxygens (including phenoxy) is 2. The zero-order chi connectivity index (χ0) is 11.5. The van der Waals surface area contributed by atoms with E-state index in [1.54, 1.807) is 18.2 Å². The number of phenols is 1. The molecule has 1 aliphatic heterocycles. The predicted molar refractivity (Wildman–Crippen MR) is 56.4 cm³/mol. The van der Waals surface area contributed by atoms with Crippen LogP contribution in [-0.4, -0.2) is 36.7 Å². The summed E-state index contributed by atoms with van der Waals surface area (Å²) in [6.07, 6.45) is 0. The number of phenolic OH excluding ortho intramolecular Hbond substituents is 1. The molecule has 1 heterocycles. The van der Waals surface area contributed by atoms with E-state index < -0.39 is 12.0 Å². The number of hydrogen-bond donors (Lipinski definition) is 1. The Hall–Kier alpha value is -2.04. The van der Waals surface area contributed by atoms with Crippen molar-refractivity contribution in [2.24, 2.45) is 4.99 Å². The van der Waals surface area contributed by atoms with E-state index in [-0.39, 0.29) is 18.3 Å². The Morgan fingerprint density at radius 1 is 1.56 bits per heavy atom. The lowest BCUT2D eigenvalue weighted by atomic mass is 10.2. The van der Waals surface area contributed by atoms with Gasteiger partial charge in [-0.1, -0.05) is 12.1 Å². The van der Waals surface area contributed by atoms with Crippen LogP contribution >= 0.6 is 0 Å². The van der Waals surface area contributed by atoms with Crippen LogP contribution in [0, 0.1) is 0 Å². The molecule has 0 fully saturated rings. The van der Waals surface area contributed by atoms with Crippen LogP contribution < -0.4 is 0 Å². The lowest BCUT2D eigenvalue weighted by molar-refractivity contribution is -0.142. The molecule has 0 unspecified atom stereocenters. The van der Waals surface area contributed by atoms with Crippen molar-refractivity contribution in [1.29, 1.82) is 0 Å². The molecule has 2 rings (SSSR count). The number of carbonyl (C=O) groups is 1. The summed E-state index contributed by atoms with van der Waals surface area (Å²) in [7, 11) is 1.30. The fourth-order valence-electron chi connectivity index (χ4n) is 1.43.